The molecule has 0 fully saturated rings. The van der Waals surface area contributed by atoms with Crippen molar-refractivity contribution >= 4 is 38.5 Å². The molecule has 1 N–H and O–H groups in total. The average molecular weight is 445 g/mol. The summed E-state index contributed by atoms with van der Waals surface area (Å²) < 4.78 is 2.37. The molecule has 1 heterocycles. The van der Waals surface area contributed by atoms with Gasteiger partial charge in [0.25, 0.3) is 0 Å². The molecule has 0 spiro atoms. The van der Waals surface area contributed by atoms with Crippen molar-refractivity contribution in [1.29, 1.82) is 0 Å². The number of rotatable bonds is 5. The van der Waals surface area contributed by atoms with Crippen LogP contribution in [-0.2, 0) is 0 Å². The average Bonchev–Trinajstić information content (AvgIpc) is 2.43. The van der Waals surface area contributed by atoms with Gasteiger partial charge in [-0.3, -0.25) is 4.98 Å². The van der Waals surface area contributed by atoms with E-state index in [0.29, 0.717) is 0 Å². The second-order valence-corrected chi connectivity index (χ2v) is 6.95. The van der Waals surface area contributed by atoms with Crippen LogP contribution in [0.3, 0.4) is 0 Å². The normalized spacial score (nSPS) is 12.4. The Bertz CT molecular complexity index is 586. The highest BCUT2D eigenvalue weighted by Gasteiger charge is 2.17. The van der Waals surface area contributed by atoms with Crippen LogP contribution in [0.1, 0.15) is 36.1 Å². The van der Waals surface area contributed by atoms with Crippen LogP contribution in [0.2, 0.25) is 0 Å². The van der Waals surface area contributed by atoms with Crippen molar-refractivity contribution in [2.45, 2.75) is 26.3 Å². The summed E-state index contributed by atoms with van der Waals surface area (Å²) in [6.07, 6.45) is 4.95. The quantitative estimate of drug-likeness (QED) is 0.667. The molecule has 4 heteroatoms. The molecule has 106 valence electrons. The molecule has 0 saturated carbocycles. The molecule has 20 heavy (non-hydrogen) atoms. The number of nitrogens with one attached hydrogen (secondary N) is 1. The van der Waals surface area contributed by atoms with E-state index in [1.54, 1.807) is 0 Å². The predicted molar refractivity (Wildman–Crippen MR) is 96.0 cm³/mol. The SMILES string of the molecule is CCCNC(c1cncc(C)c1)c1cc(I)ccc1Br. The fraction of sp³-hybridized carbons (Fsp3) is 0.312. The molecule has 0 radical (unpaired) electrons. The van der Waals surface area contributed by atoms with Gasteiger partial charge in [-0.25, -0.2) is 0 Å². The zero-order valence-corrected chi connectivity index (χ0v) is 15.4. The van der Waals surface area contributed by atoms with Crippen LogP contribution in [0.25, 0.3) is 0 Å². The first-order valence-electron chi connectivity index (χ1n) is 6.71. The van der Waals surface area contributed by atoms with Crippen LogP contribution in [0, 0.1) is 10.5 Å². The Morgan fingerprint density at radius 1 is 1.30 bits per heavy atom. The number of pyridine rings is 1. The summed E-state index contributed by atoms with van der Waals surface area (Å²) in [5.41, 5.74) is 3.66. The van der Waals surface area contributed by atoms with Gasteiger partial charge in [-0.05, 0) is 77.4 Å². The summed E-state index contributed by atoms with van der Waals surface area (Å²) in [6.45, 7) is 5.25. The van der Waals surface area contributed by atoms with E-state index < -0.39 is 0 Å². The Kier molecular flexibility index (Phi) is 5.99. The molecule has 2 rings (SSSR count). The highest BCUT2D eigenvalue weighted by molar-refractivity contribution is 14.1. The number of aromatic nitrogens is 1. The maximum Gasteiger partial charge on any atom is 0.0603 e. The van der Waals surface area contributed by atoms with E-state index in [-0.39, 0.29) is 6.04 Å². The number of benzene rings is 1. The van der Waals surface area contributed by atoms with Crippen molar-refractivity contribution < 1.29 is 0 Å². The Morgan fingerprint density at radius 2 is 2.10 bits per heavy atom. The third-order valence-corrected chi connectivity index (χ3v) is 4.49. The van der Waals surface area contributed by atoms with Crippen molar-refractivity contribution in [2.24, 2.45) is 0 Å². The first-order valence-corrected chi connectivity index (χ1v) is 8.59. The van der Waals surface area contributed by atoms with Crippen molar-refractivity contribution in [3.05, 3.63) is 61.4 Å². The minimum Gasteiger partial charge on any atom is -0.306 e. The molecule has 2 aromatic rings. The fourth-order valence-corrected chi connectivity index (χ4v) is 3.16. The summed E-state index contributed by atoms with van der Waals surface area (Å²) in [4.78, 5) is 4.33. The van der Waals surface area contributed by atoms with E-state index in [0.717, 1.165) is 17.4 Å². The standard InChI is InChI=1S/C16H18BrIN2/c1-3-6-20-16(12-7-11(2)9-19-10-12)14-8-13(18)4-5-15(14)17/h4-5,7-10,16,20H,3,6H2,1-2H3. The molecule has 0 aliphatic carbocycles. The smallest absolute Gasteiger partial charge is 0.0603 e. The molecular weight excluding hydrogens is 427 g/mol. The van der Waals surface area contributed by atoms with E-state index >= 15 is 0 Å². The van der Waals surface area contributed by atoms with Gasteiger partial charge in [-0.1, -0.05) is 28.9 Å². The first-order chi connectivity index (χ1) is 9.61. The summed E-state index contributed by atoms with van der Waals surface area (Å²) in [6, 6.07) is 8.82. The van der Waals surface area contributed by atoms with Crippen molar-refractivity contribution in [3.8, 4) is 0 Å². The summed E-state index contributed by atoms with van der Waals surface area (Å²) in [5, 5.41) is 3.62. The topological polar surface area (TPSA) is 24.9 Å². The van der Waals surface area contributed by atoms with Crippen LogP contribution in [-0.4, -0.2) is 11.5 Å². The molecular formula is C16H18BrIN2. The molecule has 0 aliphatic heterocycles. The summed E-state index contributed by atoms with van der Waals surface area (Å²) in [7, 11) is 0. The summed E-state index contributed by atoms with van der Waals surface area (Å²) >= 11 is 6.03. The van der Waals surface area contributed by atoms with Crippen LogP contribution >= 0.6 is 38.5 Å². The highest BCUT2D eigenvalue weighted by atomic mass is 127. The second kappa shape index (κ2) is 7.52. The van der Waals surface area contributed by atoms with Crippen molar-refractivity contribution in [2.75, 3.05) is 6.54 Å². The third-order valence-electron chi connectivity index (χ3n) is 3.10. The van der Waals surface area contributed by atoms with Gasteiger partial charge in [0.1, 0.15) is 0 Å². The zero-order valence-electron chi connectivity index (χ0n) is 11.7. The second-order valence-electron chi connectivity index (χ2n) is 4.85. The molecule has 1 aromatic carbocycles. The number of nitrogens with zero attached hydrogens (tertiary/aromatic N) is 1. The van der Waals surface area contributed by atoms with E-state index in [9.17, 15) is 0 Å². The van der Waals surface area contributed by atoms with Gasteiger partial charge in [0, 0.05) is 20.4 Å². The van der Waals surface area contributed by atoms with Crippen LogP contribution < -0.4 is 5.32 Å². The molecule has 1 unspecified atom stereocenters. The van der Waals surface area contributed by atoms with E-state index in [1.807, 2.05) is 12.4 Å². The third kappa shape index (κ3) is 4.02. The van der Waals surface area contributed by atoms with Gasteiger partial charge in [-0.15, -0.1) is 0 Å². The molecule has 1 aromatic heterocycles. The molecule has 0 saturated heterocycles. The minimum absolute atomic E-state index is 0.173. The van der Waals surface area contributed by atoms with Crippen LogP contribution in [0.5, 0.6) is 0 Å². The van der Waals surface area contributed by atoms with Gasteiger partial charge in [0.15, 0.2) is 0 Å². The Labute approximate surface area is 142 Å². The Morgan fingerprint density at radius 3 is 2.80 bits per heavy atom. The van der Waals surface area contributed by atoms with Crippen molar-refractivity contribution in [1.82, 2.24) is 10.3 Å². The van der Waals surface area contributed by atoms with Crippen molar-refractivity contribution in [3.63, 3.8) is 0 Å². The largest absolute Gasteiger partial charge is 0.306 e. The van der Waals surface area contributed by atoms with Gasteiger partial charge >= 0.3 is 0 Å². The van der Waals surface area contributed by atoms with E-state index in [4.69, 9.17) is 0 Å². The van der Waals surface area contributed by atoms with Gasteiger partial charge in [0.2, 0.25) is 0 Å². The molecule has 0 amide bonds. The lowest BCUT2D eigenvalue weighted by Gasteiger charge is -2.21. The predicted octanol–water partition coefficient (Wildman–Crippen LogP) is 4.85. The van der Waals surface area contributed by atoms with Gasteiger partial charge < -0.3 is 5.32 Å². The van der Waals surface area contributed by atoms with E-state index in [1.165, 1.54) is 20.3 Å². The Balaban J connectivity index is 2.44. The number of hydrogen-bond donors (Lipinski definition) is 1. The Hall–Kier alpha value is -0.460. The van der Waals surface area contributed by atoms with Crippen LogP contribution in [0.4, 0.5) is 0 Å². The van der Waals surface area contributed by atoms with Crippen LogP contribution in [0.15, 0.2) is 41.1 Å². The summed E-state index contributed by atoms with van der Waals surface area (Å²) in [5.74, 6) is 0. The lowest BCUT2D eigenvalue weighted by atomic mass is 9.99. The van der Waals surface area contributed by atoms with Gasteiger partial charge in [-0.2, -0.15) is 0 Å². The minimum atomic E-state index is 0.173. The highest BCUT2D eigenvalue weighted by Crippen LogP contribution is 2.30. The molecule has 0 bridgehead atoms. The monoisotopic (exact) mass is 444 g/mol. The molecule has 1 atom stereocenters. The fourth-order valence-electron chi connectivity index (χ4n) is 2.17. The van der Waals surface area contributed by atoms with E-state index in [2.05, 4.69) is 86.9 Å². The molecule has 0 aliphatic rings. The zero-order chi connectivity index (χ0) is 14.5. The maximum absolute atomic E-state index is 4.33. The number of halogens is 2. The number of hydrogen-bond acceptors (Lipinski definition) is 2. The first kappa shape index (κ1) is 15.9. The lowest BCUT2D eigenvalue weighted by Crippen LogP contribution is -2.24. The molecule has 2 nitrogen and oxygen atoms in total. The number of aryl methyl sites for hydroxylation is 1. The van der Waals surface area contributed by atoms with Gasteiger partial charge in [0.05, 0.1) is 6.04 Å². The lowest BCUT2D eigenvalue weighted by molar-refractivity contribution is 0.595. The maximum atomic E-state index is 4.33.